The fourth-order valence-corrected chi connectivity index (χ4v) is 3.48. The Labute approximate surface area is 158 Å². The van der Waals surface area contributed by atoms with E-state index in [9.17, 15) is 18.4 Å². The second-order valence-corrected chi connectivity index (χ2v) is 6.83. The van der Waals surface area contributed by atoms with Crippen molar-refractivity contribution in [2.75, 3.05) is 13.6 Å². The lowest BCUT2D eigenvalue weighted by molar-refractivity contribution is 0.0117. The molecule has 0 saturated carbocycles. The molecule has 1 aliphatic rings. The zero-order valence-corrected chi connectivity index (χ0v) is 15.0. The number of H-pyrrole nitrogens is 1. The van der Waals surface area contributed by atoms with Gasteiger partial charge in [0.05, 0.1) is 25.3 Å². The molecule has 1 saturated heterocycles. The van der Waals surface area contributed by atoms with Crippen LogP contribution in [0.15, 0.2) is 36.7 Å². The van der Waals surface area contributed by atoms with Gasteiger partial charge in [0.15, 0.2) is 5.69 Å². The van der Waals surface area contributed by atoms with E-state index in [1.165, 1.54) is 22.8 Å². The molecule has 0 unspecified atom stereocenters. The molecular weight excluding hydrogens is 370 g/mol. The molecule has 8 nitrogen and oxygen atoms in total. The maximum Gasteiger partial charge on any atom is 0.273 e. The van der Waals surface area contributed by atoms with Crippen LogP contribution in [-0.2, 0) is 6.54 Å². The average molecular weight is 388 g/mol. The summed E-state index contributed by atoms with van der Waals surface area (Å²) in [6.45, 7) is -0.633. The smallest absolute Gasteiger partial charge is 0.273 e. The van der Waals surface area contributed by atoms with E-state index in [0.717, 1.165) is 10.9 Å². The van der Waals surface area contributed by atoms with Crippen molar-refractivity contribution in [3.05, 3.63) is 47.9 Å². The molecule has 4 rings (SSSR count). The van der Waals surface area contributed by atoms with Crippen molar-refractivity contribution in [3.63, 3.8) is 0 Å². The van der Waals surface area contributed by atoms with Crippen LogP contribution in [0.5, 0.6) is 0 Å². The van der Waals surface area contributed by atoms with Crippen LogP contribution >= 0.6 is 0 Å². The molecule has 1 aliphatic heterocycles. The minimum atomic E-state index is -2.99. The lowest BCUT2D eigenvalue weighted by atomic mass is 10.1. The number of hydrogen-bond acceptors (Lipinski definition) is 4. The number of hydrogen-bond donors (Lipinski definition) is 2. The Morgan fingerprint density at radius 3 is 2.96 bits per heavy atom. The van der Waals surface area contributed by atoms with Crippen molar-refractivity contribution in [1.29, 1.82) is 0 Å². The minimum absolute atomic E-state index is 0.0239. The Bertz CT molecular complexity index is 1040. The van der Waals surface area contributed by atoms with Gasteiger partial charge in [0.2, 0.25) is 0 Å². The van der Waals surface area contributed by atoms with Crippen LogP contribution in [0.3, 0.4) is 0 Å². The SMILES string of the molecule is CNC(=O)c1cn(C[C@@H]2CC(F)(F)CN2C(=O)c2ccc3cc[nH]c3c2)nn1. The predicted molar refractivity (Wildman–Crippen MR) is 96.1 cm³/mol. The fourth-order valence-electron chi connectivity index (χ4n) is 3.48. The minimum Gasteiger partial charge on any atom is -0.361 e. The third-order valence-electron chi connectivity index (χ3n) is 4.84. The monoisotopic (exact) mass is 388 g/mol. The fraction of sp³-hybridized carbons (Fsp3) is 0.333. The molecule has 2 aromatic heterocycles. The molecular formula is C18H18F2N6O2. The molecule has 2 N–H and O–H groups in total. The number of alkyl halides is 2. The van der Waals surface area contributed by atoms with Crippen LogP contribution in [0.2, 0.25) is 0 Å². The topological polar surface area (TPSA) is 95.9 Å². The van der Waals surface area contributed by atoms with Gasteiger partial charge in [0, 0.05) is 30.7 Å². The molecule has 0 aliphatic carbocycles. The lowest BCUT2D eigenvalue weighted by Crippen LogP contribution is -2.38. The number of nitrogens with zero attached hydrogens (tertiary/aromatic N) is 4. The van der Waals surface area contributed by atoms with E-state index in [-0.39, 0.29) is 12.2 Å². The third-order valence-corrected chi connectivity index (χ3v) is 4.84. The molecule has 0 spiro atoms. The zero-order chi connectivity index (χ0) is 19.9. The van der Waals surface area contributed by atoms with Crippen LogP contribution < -0.4 is 5.32 Å². The van der Waals surface area contributed by atoms with Crippen molar-refractivity contribution < 1.29 is 18.4 Å². The summed E-state index contributed by atoms with van der Waals surface area (Å²) in [5.74, 6) is -3.87. The van der Waals surface area contributed by atoms with Gasteiger partial charge in [-0.1, -0.05) is 11.3 Å². The van der Waals surface area contributed by atoms with Gasteiger partial charge in [0.1, 0.15) is 0 Å². The Kier molecular flexibility index (Phi) is 4.33. The van der Waals surface area contributed by atoms with Crippen molar-refractivity contribution in [2.45, 2.75) is 24.9 Å². The number of benzene rings is 1. The number of carbonyl (C=O) groups is 2. The van der Waals surface area contributed by atoms with Crippen LogP contribution in [0.1, 0.15) is 27.3 Å². The van der Waals surface area contributed by atoms with Gasteiger partial charge < -0.3 is 15.2 Å². The molecule has 1 atom stereocenters. The van der Waals surface area contributed by atoms with Gasteiger partial charge in [-0.25, -0.2) is 13.5 Å². The quantitative estimate of drug-likeness (QED) is 0.711. The molecule has 28 heavy (non-hydrogen) atoms. The maximum absolute atomic E-state index is 14.1. The number of amides is 2. The molecule has 146 valence electrons. The lowest BCUT2D eigenvalue weighted by Gasteiger charge is -2.23. The van der Waals surface area contributed by atoms with E-state index in [4.69, 9.17) is 0 Å². The Morgan fingerprint density at radius 1 is 1.36 bits per heavy atom. The molecule has 1 aromatic carbocycles. The molecule has 0 radical (unpaired) electrons. The zero-order valence-electron chi connectivity index (χ0n) is 15.0. The first-order valence-electron chi connectivity index (χ1n) is 8.74. The van der Waals surface area contributed by atoms with Crippen molar-refractivity contribution in [3.8, 4) is 0 Å². The Hall–Kier alpha value is -3.30. The van der Waals surface area contributed by atoms with Crippen molar-refractivity contribution in [2.24, 2.45) is 0 Å². The normalized spacial score (nSPS) is 18.5. The van der Waals surface area contributed by atoms with Crippen molar-refractivity contribution in [1.82, 2.24) is 30.2 Å². The summed E-state index contributed by atoms with van der Waals surface area (Å²) < 4.78 is 29.5. The number of aromatic nitrogens is 4. The average Bonchev–Trinajstić information content (AvgIpc) is 3.38. The molecule has 1 fully saturated rings. The van der Waals surface area contributed by atoms with Crippen LogP contribution in [0.25, 0.3) is 10.9 Å². The highest BCUT2D eigenvalue weighted by molar-refractivity contribution is 5.98. The van der Waals surface area contributed by atoms with Gasteiger partial charge in [-0.2, -0.15) is 0 Å². The summed E-state index contributed by atoms with van der Waals surface area (Å²) in [4.78, 5) is 28.7. The van der Waals surface area contributed by atoms with Gasteiger partial charge >= 0.3 is 0 Å². The van der Waals surface area contributed by atoms with Crippen LogP contribution in [-0.4, -0.2) is 62.2 Å². The van der Waals surface area contributed by atoms with Crippen molar-refractivity contribution >= 4 is 22.7 Å². The Balaban J connectivity index is 1.57. The second-order valence-electron chi connectivity index (χ2n) is 6.83. The molecule has 3 heterocycles. The van der Waals surface area contributed by atoms with Crippen LogP contribution in [0, 0.1) is 0 Å². The maximum atomic E-state index is 14.1. The first kappa shape index (κ1) is 18.1. The summed E-state index contributed by atoms with van der Waals surface area (Å²) in [7, 11) is 1.46. The number of carbonyl (C=O) groups excluding carboxylic acids is 2. The van der Waals surface area contributed by atoms with Gasteiger partial charge in [-0.15, -0.1) is 5.10 Å². The highest BCUT2D eigenvalue weighted by Crippen LogP contribution is 2.34. The molecule has 10 heteroatoms. The summed E-state index contributed by atoms with van der Waals surface area (Å²) in [6, 6.07) is 6.16. The molecule has 0 bridgehead atoms. The van der Waals surface area contributed by atoms with Gasteiger partial charge in [-0.3, -0.25) is 9.59 Å². The Morgan fingerprint density at radius 2 is 2.18 bits per heavy atom. The summed E-state index contributed by atoms with van der Waals surface area (Å²) in [5.41, 5.74) is 1.18. The van der Waals surface area contributed by atoms with Gasteiger partial charge in [-0.05, 0) is 23.6 Å². The number of fused-ring (bicyclic) bond motifs is 1. The first-order chi connectivity index (χ1) is 13.4. The largest absolute Gasteiger partial charge is 0.361 e. The number of aromatic amines is 1. The third kappa shape index (κ3) is 3.32. The highest BCUT2D eigenvalue weighted by Gasteiger charge is 2.47. The van der Waals surface area contributed by atoms with Gasteiger partial charge in [0.25, 0.3) is 17.7 Å². The van der Waals surface area contributed by atoms with E-state index >= 15 is 0 Å². The van der Waals surface area contributed by atoms with E-state index in [1.807, 2.05) is 6.07 Å². The highest BCUT2D eigenvalue weighted by atomic mass is 19.3. The summed E-state index contributed by atoms with van der Waals surface area (Å²) in [5, 5.41) is 10.9. The number of nitrogens with one attached hydrogen (secondary N) is 2. The summed E-state index contributed by atoms with van der Waals surface area (Å²) in [6.07, 6.45) is 2.65. The molecule has 2 amide bonds. The second kappa shape index (κ2) is 6.70. The van der Waals surface area contributed by atoms with E-state index in [2.05, 4.69) is 20.6 Å². The molecule has 3 aromatic rings. The number of rotatable bonds is 4. The predicted octanol–water partition coefficient (Wildman–Crippen LogP) is 1.67. The van der Waals surface area contributed by atoms with E-state index in [0.29, 0.717) is 5.56 Å². The number of halogens is 2. The standard InChI is InChI=1S/C18H18F2N6O2/c1-21-16(27)15-9-25(24-23-15)8-13-7-18(19,20)10-26(13)17(28)12-3-2-11-4-5-22-14(11)6-12/h2-6,9,13,22H,7-8,10H2,1H3,(H,21,27)/t13-/m0/s1. The number of likely N-dealkylation sites (tertiary alicyclic amines) is 1. The van der Waals surface area contributed by atoms with E-state index in [1.54, 1.807) is 24.4 Å². The van der Waals surface area contributed by atoms with Crippen LogP contribution in [0.4, 0.5) is 8.78 Å². The van der Waals surface area contributed by atoms with E-state index < -0.39 is 36.7 Å². The first-order valence-corrected chi connectivity index (χ1v) is 8.74. The summed E-state index contributed by atoms with van der Waals surface area (Å²) >= 11 is 0.